The van der Waals surface area contributed by atoms with Gasteiger partial charge in [-0.2, -0.15) is 0 Å². The maximum atomic E-state index is 5.56. The van der Waals surface area contributed by atoms with Gasteiger partial charge in [-0.15, -0.1) is 0 Å². The molecule has 0 radical (unpaired) electrons. The van der Waals surface area contributed by atoms with Crippen LogP contribution in [0.4, 0.5) is 0 Å². The SMILES string of the molecule is COCCOCC(NN)c1cc(C)cc(C)c1. The van der Waals surface area contributed by atoms with Gasteiger partial charge in [-0.1, -0.05) is 29.3 Å². The Morgan fingerprint density at radius 1 is 1.18 bits per heavy atom. The molecular weight excluding hydrogens is 216 g/mol. The molecule has 0 aliphatic heterocycles. The predicted octanol–water partition coefficient (Wildman–Crippen LogP) is 1.47. The van der Waals surface area contributed by atoms with E-state index in [1.54, 1.807) is 7.11 Å². The van der Waals surface area contributed by atoms with E-state index in [2.05, 4.69) is 37.5 Å². The maximum Gasteiger partial charge on any atom is 0.0701 e. The lowest BCUT2D eigenvalue weighted by Gasteiger charge is -2.17. The molecule has 4 heteroatoms. The first-order valence-corrected chi connectivity index (χ1v) is 5.78. The van der Waals surface area contributed by atoms with E-state index >= 15 is 0 Å². The van der Waals surface area contributed by atoms with Crippen molar-refractivity contribution in [3.05, 3.63) is 34.9 Å². The van der Waals surface area contributed by atoms with Crippen molar-refractivity contribution in [3.8, 4) is 0 Å². The van der Waals surface area contributed by atoms with E-state index in [1.165, 1.54) is 11.1 Å². The predicted molar refractivity (Wildman–Crippen MR) is 68.7 cm³/mol. The third-order valence-electron chi connectivity index (χ3n) is 2.56. The van der Waals surface area contributed by atoms with Gasteiger partial charge >= 0.3 is 0 Å². The molecule has 0 heterocycles. The summed E-state index contributed by atoms with van der Waals surface area (Å²) in [7, 11) is 1.66. The van der Waals surface area contributed by atoms with Gasteiger partial charge in [-0.3, -0.25) is 11.3 Å². The van der Waals surface area contributed by atoms with Gasteiger partial charge in [0.15, 0.2) is 0 Å². The number of benzene rings is 1. The molecule has 0 spiro atoms. The molecule has 0 saturated heterocycles. The van der Waals surface area contributed by atoms with Gasteiger partial charge in [0.2, 0.25) is 0 Å². The van der Waals surface area contributed by atoms with Gasteiger partial charge in [0.25, 0.3) is 0 Å². The van der Waals surface area contributed by atoms with E-state index in [4.69, 9.17) is 15.3 Å². The Balaban J connectivity index is 2.59. The van der Waals surface area contributed by atoms with E-state index in [9.17, 15) is 0 Å². The van der Waals surface area contributed by atoms with Crippen LogP contribution in [0.2, 0.25) is 0 Å². The van der Waals surface area contributed by atoms with Crippen LogP contribution in [0.25, 0.3) is 0 Å². The second kappa shape index (κ2) is 7.40. The average molecular weight is 238 g/mol. The highest BCUT2D eigenvalue weighted by Gasteiger charge is 2.10. The quantitative estimate of drug-likeness (QED) is 0.429. The number of aryl methyl sites for hydroxylation is 2. The van der Waals surface area contributed by atoms with E-state index in [0.717, 1.165) is 5.56 Å². The molecule has 0 saturated carbocycles. The Morgan fingerprint density at radius 2 is 1.82 bits per heavy atom. The molecule has 0 aliphatic rings. The highest BCUT2D eigenvalue weighted by Crippen LogP contribution is 2.16. The highest BCUT2D eigenvalue weighted by atomic mass is 16.5. The van der Waals surface area contributed by atoms with Crippen molar-refractivity contribution in [1.82, 2.24) is 5.43 Å². The fraction of sp³-hybridized carbons (Fsp3) is 0.538. The Morgan fingerprint density at radius 3 is 2.35 bits per heavy atom. The van der Waals surface area contributed by atoms with E-state index < -0.39 is 0 Å². The standard InChI is InChI=1S/C13H22N2O2/c1-10-6-11(2)8-12(7-10)13(15-14)9-17-5-4-16-3/h6-8,13,15H,4-5,9,14H2,1-3H3. The number of methoxy groups -OCH3 is 1. The molecular formula is C13H22N2O2. The van der Waals surface area contributed by atoms with Crippen molar-refractivity contribution in [2.24, 2.45) is 5.84 Å². The van der Waals surface area contributed by atoms with E-state index in [-0.39, 0.29) is 6.04 Å². The van der Waals surface area contributed by atoms with Gasteiger partial charge in [-0.25, -0.2) is 0 Å². The Labute approximate surface area is 103 Å². The van der Waals surface area contributed by atoms with Gasteiger partial charge in [0.1, 0.15) is 0 Å². The normalized spacial score (nSPS) is 12.7. The molecule has 0 amide bonds. The van der Waals surface area contributed by atoms with Crippen LogP contribution >= 0.6 is 0 Å². The zero-order chi connectivity index (χ0) is 12.7. The number of ether oxygens (including phenoxy) is 2. The number of nitrogens with two attached hydrogens (primary N) is 1. The summed E-state index contributed by atoms with van der Waals surface area (Å²) in [4.78, 5) is 0. The highest BCUT2D eigenvalue weighted by molar-refractivity contribution is 5.30. The molecule has 1 unspecified atom stereocenters. The molecule has 17 heavy (non-hydrogen) atoms. The number of hydrazine groups is 1. The molecule has 1 aromatic carbocycles. The number of nitrogens with one attached hydrogen (secondary N) is 1. The van der Waals surface area contributed by atoms with Crippen LogP contribution in [-0.4, -0.2) is 26.9 Å². The lowest BCUT2D eigenvalue weighted by Crippen LogP contribution is -2.31. The summed E-state index contributed by atoms with van der Waals surface area (Å²) in [6.45, 7) is 5.89. The van der Waals surface area contributed by atoms with Crippen molar-refractivity contribution in [2.75, 3.05) is 26.9 Å². The zero-order valence-corrected chi connectivity index (χ0v) is 10.8. The molecule has 1 aromatic rings. The number of rotatable bonds is 7. The monoisotopic (exact) mass is 238 g/mol. The van der Waals surface area contributed by atoms with Crippen LogP contribution in [0.1, 0.15) is 22.7 Å². The van der Waals surface area contributed by atoms with Crippen LogP contribution in [0, 0.1) is 13.8 Å². The van der Waals surface area contributed by atoms with Gasteiger partial charge in [0, 0.05) is 7.11 Å². The van der Waals surface area contributed by atoms with Crippen LogP contribution < -0.4 is 11.3 Å². The van der Waals surface area contributed by atoms with Crippen LogP contribution in [-0.2, 0) is 9.47 Å². The second-order valence-electron chi connectivity index (χ2n) is 4.21. The first kappa shape index (κ1) is 14.1. The fourth-order valence-corrected chi connectivity index (χ4v) is 1.80. The largest absolute Gasteiger partial charge is 0.382 e. The van der Waals surface area contributed by atoms with Crippen molar-refractivity contribution >= 4 is 0 Å². The summed E-state index contributed by atoms with van der Waals surface area (Å²) < 4.78 is 10.4. The smallest absolute Gasteiger partial charge is 0.0701 e. The third-order valence-corrected chi connectivity index (χ3v) is 2.56. The fourth-order valence-electron chi connectivity index (χ4n) is 1.80. The summed E-state index contributed by atoms with van der Waals surface area (Å²) >= 11 is 0. The van der Waals surface area contributed by atoms with Gasteiger partial charge in [-0.05, 0) is 19.4 Å². The summed E-state index contributed by atoms with van der Waals surface area (Å²) in [5.74, 6) is 5.56. The molecule has 0 aromatic heterocycles. The van der Waals surface area contributed by atoms with E-state index in [1.807, 2.05) is 0 Å². The molecule has 0 aliphatic carbocycles. The summed E-state index contributed by atoms with van der Waals surface area (Å²) in [5.41, 5.74) is 6.41. The summed E-state index contributed by atoms with van der Waals surface area (Å²) in [6.07, 6.45) is 0. The first-order valence-electron chi connectivity index (χ1n) is 5.78. The van der Waals surface area contributed by atoms with Crippen molar-refractivity contribution in [3.63, 3.8) is 0 Å². The van der Waals surface area contributed by atoms with Gasteiger partial charge < -0.3 is 9.47 Å². The first-order chi connectivity index (χ1) is 8.17. The van der Waals surface area contributed by atoms with Crippen molar-refractivity contribution in [2.45, 2.75) is 19.9 Å². The topological polar surface area (TPSA) is 56.5 Å². The Hall–Kier alpha value is -0.940. The summed E-state index contributed by atoms with van der Waals surface area (Å²) in [6, 6.07) is 6.41. The second-order valence-corrected chi connectivity index (χ2v) is 4.21. The Kier molecular flexibility index (Phi) is 6.15. The summed E-state index contributed by atoms with van der Waals surface area (Å²) in [5, 5.41) is 0. The zero-order valence-electron chi connectivity index (χ0n) is 10.8. The molecule has 3 N–H and O–H groups in total. The maximum absolute atomic E-state index is 5.56. The number of hydrogen-bond acceptors (Lipinski definition) is 4. The molecule has 4 nitrogen and oxygen atoms in total. The van der Waals surface area contributed by atoms with Crippen molar-refractivity contribution < 1.29 is 9.47 Å². The molecule has 1 rings (SSSR count). The average Bonchev–Trinajstić information content (AvgIpc) is 2.28. The minimum absolute atomic E-state index is 0.0189. The lowest BCUT2D eigenvalue weighted by molar-refractivity contribution is 0.0586. The molecule has 0 bridgehead atoms. The molecule has 0 fully saturated rings. The van der Waals surface area contributed by atoms with E-state index in [0.29, 0.717) is 19.8 Å². The Bertz CT molecular complexity index is 322. The lowest BCUT2D eigenvalue weighted by atomic mass is 10.0. The number of hydrogen-bond donors (Lipinski definition) is 2. The van der Waals surface area contributed by atoms with Gasteiger partial charge in [0.05, 0.1) is 25.9 Å². The minimum Gasteiger partial charge on any atom is -0.382 e. The van der Waals surface area contributed by atoms with Crippen LogP contribution in [0.5, 0.6) is 0 Å². The molecule has 96 valence electrons. The minimum atomic E-state index is 0.0189. The van der Waals surface area contributed by atoms with Crippen LogP contribution in [0.15, 0.2) is 18.2 Å². The van der Waals surface area contributed by atoms with Crippen LogP contribution in [0.3, 0.4) is 0 Å². The molecule has 1 atom stereocenters. The van der Waals surface area contributed by atoms with Crippen molar-refractivity contribution in [1.29, 1.82) is 0 Å². The third kappa shape index (κ3) is 4.83.